The number of nitrogens with zero attached hydrogens (tertiary/aromatic N) is 1. The number of hydrogen-bond donors (Lipinski definition) is 2. The Morgan fingerprint density at radius 1 is 1.45 bits per heavy atom. The van der Waals surface area contributed by atoms with Gasteiger partial charge >= 0.3 is 0 Å². The molecule has 7 heteroatoms. The predicted octanol–water partition coefficient (Wildman–Crippen LogP) is 2.28. The van der Waals surface area contributed by atoms with Crippen LogP contribution in [-0.2, 0) is 4.74 Å². The van der Waals surface area contributed by atoms with Crippen LogP contribution in [0.1, 0.15) is 6.92 Å². The van der Waals surface area contributed by atoms with E-state index in [1.807, 2.05) is 25.1 Å². The zero-order valence-electron chi connectivity index (χ0n) is 11.6. The van der Waals surface area contributed by atoms with Gasteiger partial charge in [-0.1, -0.05) is 23.7 Å². The van der Waals surface area contributed by atoms with Crippen LogP contribution in [-0.4, -0.2) is 38.9 Å². The molecule has 0 spiro atoms. The van der Waals surface area contributed by atoms with E-state index in [0.717, 1.165) is 0 Å². The lowest BCUT2D eigenvalue weighted by Crippen LogP contribution is -2.40. The van der Waals surface area contributed by atoms with Crippen molar-refractivity contribution in [3.05, 3.63) is 29.3 Å². The Hall–Kier alpha value is -0.730. The second-order valence-corrected chi connectivity index (χ2v) is 4.45. The maximum atomic E-state index is 5.96. The zero-order chi connectivity index (χ0) is 14.1. The monoisotopic (exact) mass is 413 g/mol. The molecule has 20 heavy (non-hydrogen) atoms. The van der Waals surface area contributed by atoms with Crippen LogP contribution in [0.3, 0.4) is 0 Å². The molecule has 0 saturated heterocycles. The number of ether oxygens (including phenoxy) is 2. The van der Waals surface area contributed by atoms with Crippen LogP contribution in [0.25, 0.3) is 0 Å². The highest BCUT2D eigenvalue weighted by molar-refractivity contribution is 14.0. The number of nitrogens with two attached hydrogens (primary N) is 1. The number of para-hydroxylation sites is 1. The van der Waals surface area contributed by atoms with Crippen molar-refractivity contribution < 1.29 is 9.47 Å². The van der Waals surface area contributed by atoms with Crippen molar-refractivity contribution in [2.75, 3.05) is 26.9 Å². The Labute approximate surface area is 141 Å². The minimum atomic E-state index is 0. The van der Waals surface area contributed by atoms with E-state index in [1.165, 1.54) is 0 Å². The molecular formula is C13H21ClIN3O2. The maximum Gasteiger partial charge on any atom is 0.188 e. The molecule has 0 bridgehead atoms. The van der Waals surface area contributed by atoms with Gasteiger partial charge in [0.25, 0.3) is 0 Å². The van der Waals surface area contributed by atoms with Gasteiger partial charge in [-0.15, -0.1) is 24.0 Å². The van der Waals surface area contributed by atoms with Crippen LogP contribution in [0.15, 0.2) is 29.3 Å². The normalized spacial score (nSPS) is 12.4. The van der Waals surface area contributed by atoms with Crippen molar-refractivity contribution in [1.29, 1.82) is 0 Å². The van der Waals surface area contributed by atoms with Crippen molar-refractivity contribution in [2.24, 2.45) is 10.7 Å². The molecule has 0 aliphatic carbocycles. The largest absolute Gasteiger partial charge is 0.490 e. The van der Waals surface area contributed by atoms with Crippen LogP contribution in [0.2, 0.25) is 5.02 Å². The molecule has 3 N–H and O–H groups in total. The first-order valence-corrected chi connectivity index (χ1v) is 6.44. The van der Waals surface area contributed by atoms with Crippen molar-refractivity contribution >= 4 is 41.5 Å². The summed E-state index contributed by atoms with van der Waals surface area (Å²) in [5.41, 5.74) is 5.72. The molecule has 0 fully saturated rings. The van der Waals surface area contributed by atoms with Gasteiger partial charge in [-0.3, -0.25) is 0 Å². The molecule has 0 saturated carbocycles. The fraction of sp³-hybridized carbons (Fsp3) is 0.462. The van der Waals surface area contributed by atoms with Gasteiger partial charge in [0, 0.05) is 13.2 Å². The topological polar surface area (TPSA) is 68.9 Å². The van der Waals surface area contributed by atoms with Gasteiger partial charge in [-0.25, -0.2) is 4.99 Å². The summed E-state index contributed by atoms with van der Waals surface area (Å²) in [5.74, 6) is 1.03. The lowest BCUT2D eigenvalue weighted by Gasteiger charge is -2.13. The summed E-state index contributed by atoms with van der Waals surface area (Å²) in [6.07, 6.45) is 0. The third kappa shape index (κ3) is 7.76. The average Bonchev–Trinajstić information content (AvgIpc) is 2.36. The molecular weight excluding hydrogens is 393 g/mol. The van der Waals surface area contributed by atoms with Crippen molar-refractivity contribution in [2.45, 2.75) is 13.0 Å². The number of aliphatic imine (C=N–C) groups is 1. The molecule has 1 unspecified atom stereocenters. The lowest BCUT2D eigenvalue weighted by molar-refractivity contribution is 0.179. The summed E-state index contributed by atoms with van der Waals surface area (Å²) < 4.78 is 10.5. The Kier molecular flexibility index (Phi) is 10.6. The fourth-order valence-electron chi connectivity index (χ4n) is 1.47. The predicted molar refractivity (Wildman–Crippen MR) is 93.3 cm³/mol. The zero-order valence-corrected chi connectivity index (χ0v) is 14.7. The highest BCUT2D eigenvalue weighted by Crippen LogP contribution is 2.22. The number of benzene rings is 1. The van der Waals surface area contributed by atoms with Crippen molar-refractivity contribution in [1.82, 2.24) is 5.32 Å². The van der Waals surface area contributed by atoms with Gasteiger partial charge in [0.15, 0.2) is 5.96 Å². The summed E-state index contributed by atoms with van der Waals surface area (Å²) in [7, 11) is 1.64. The Morgan fingerprint density at radius 2 is 2.15 bits per heavy atom. The first kappa shape index (κ1) is 19.3. The molecule has 1 aromatic rings. The molecule has 0 aliphatic heterocycles. The van der Waals surface area contributed by atoms with Crippen LogP contribution in [0, 0.1) is 0 Å². The average molecular weight is 414 g/mol. The van der Waals surface area contributed by atoms with E-state index >= 15 is 0 Å². The van der Waals surface area contributed by atoms with E-state index in [-0.39, 0.29) is 30.0 Å². The number of halogens is 2. The summed E-state index contributed by atoms with van der Waals surface area (Å²) in [4.78, 5) is 4.15. The van der Waals surface area contributed by atoms with E-state index < -0.39 is 0 Å². The third-order valence-electron chi connectivity index (χ3n) is 2.28. The summed E-state index contributed by atoms with van der Waals surface area (Å²) >= 11 is 5.96. The van der Waals surface area contributed by atoms with Gasteiger partial charge < -0.3 is 20.5 Å². The van der Waals surface area contributed by atoms with E-state index in [9.17, 15) is 0 Å². The van der Waals surface area contributed by atoms with E-state index in [0.29, 0.717) is 36.5 Å². The van der Waals surface area contributed by atoms with Gasteiger partial charge in [0.1, 0.15) is 12.4 Å². The Morgan fingerprint density at radius 3 is 2.80 bits per heavy atom. The second kappa shape index (κ2) is 11.0. The lowest BCUT2D eigenvalue weighted by atomic mass is 10.3. The van der Waals surface area contributed by atoms with Gasteiger partial charge in [-0.2, -0.15) is 0 Å². The molecule has 0 aromatic heterocycles. The smallest absolute Gasteiger partial charge is 0.188 e. The first-order valence-electron chi connectivity index (χ1n) is 6.06. The molecule has 1 atom stereocenters. The van der Waals surface area contributed by atoms with Gasteiger partial charge in [-0.05, 0) is 19.1 Å². The Bertz CT molecular complexity index is 418. The highest BCUT2D eigenvalue weighted by Gasteiger charge is 2.01. The van der Waals surface area contributed by atoms with E-state index in [1.54, 1.807) is 13.2 Å². The maximum absolute atomic E-state index is 5.96. The number of methoxy groups -OCH3 is 1. The molecule has 0 aliphatic rings. The van der Waals surface area contributed by atoms with Crippen LogP contribution >= 0.6 is 35.6 Å². The molecule has 0 amide bonds. The molecule has 114 valence electrons. The summed E-state index contributed by atoms with van der Waals surface area (Å²) in [6, 6.07) is 7.44. The molecule has 5 nitrogen and oxygen atoms in total. The second-order valence-electron chi connectivity index (χ2n) is 4.05. The summed E-state index contributed by atoms with van der Waals surface area (Å²) in [5, 5.41) is 3.60. The van der Waals surface area contributed by atoms with Crippen LogP contribution < -0.4 is 15.8 Å². The van der Waals surface area contributed by atoms with Crippen molar-refractivity contribution in [3.8, 4) is 5.75 Å². The molecule has 1 aromatic carbocycles. The van der Waals surface area contributed by atoms with E-state index in [2.05, 4.69) is 10.3 Å². The summed E-state index contributed by atoms with van der Waals surface area (Å²) in [6.45, 7) is 3.42. The minimum absolute atomic E-state index is 0. The molecule has 0 radical (unpaired) electrons. The SMILES string of the molecule is COCC(C)NC(N)=NCCOc1ccccc1Cl.I. The quantitative estimate of drug-likeness (QED) is 0.311. The third-order valence-corrected chi connectivity index (χ3v) is 2.59. The number of rotatable bonds is 7. The van der Waals surface area contributed by atoms with Crippen LogP contribution in [0.5, 0.6) is 5.75 Å². The first-order chi connectivity index (χ1) is 9.13. The van der Waals surface area contributed by atoms with Gasteiger partial charge in [0.05, 0.1) is 18.2 Å². The molecule has 1 rings (SSSR count). The van der Waals surface area contributed by atoms with Crippen LogP contribution in [0.4, 0.5) is 0 Å². The standard InChI is InChI=1S/C13H20ClN3O2.HI/c1-10(9-18-2)17-13(15)16-7-8-19-12-6-4-3-5-11(12)14;/h3-6,10H,7-9H2,1-2H3,(H3,15,16,17);1H. The fourth-order valence-corrected chi connectivity index (χ4v) is 1.66. The Balaban J connectivity index is 0.00000361. The van der Waals surface area contributed by atoms with Gasteiger partial charge in [0.2, 0.25) is 0 Å². The number of guanidine groups is 1. The highest BCUT2D eigenvalue weighted by atomic mass is 127. The minimum Gasteiger partial charge on any atom is -0.490 e. The van der Waals surface area contributed by atoms with E-state index in [4.69, 9.17) is 26.8 Å². The van der Waals surface area contributed by atoms with Crippen molar-refractivity contribution in [3.63, 3.8) is 0 Å². The number of nitrogens with one attached hydrogen (secondary N) is 1. The number of hydrogen-bond acceptors (Lipinski definition) is 3. The molecule has 0 heterocycles.